The van der Waals surface area contributed by atoms with Crippen LogP contribution >= 0.6 is 11.6 Å². The average Bonchev–Trinajstić information content (AvgIpc) is 2.49. The van der Waals surface area contributed by atoms with Crippen LogP contribution in [0.3, 0.4) is 0 Å². The summed E-state index contributed by atoms with van der Waals surface area (Å²) in [5.41, 5.74) is 0.915. The molecule has 0 atom stereocenters. The first-order valence-electron chi connectivity index (χ1n) is 5.54. The van der Waals surface area contributed by atoms with Crippen molar-refractivity contribution in [2.45, 2.75) is 0 Å². The van der Waals surface area contributed by atoms with Gasteiger partial charge in [-0.3, -0.25) is 4.79 Å². The number of nitriles is 2. The highest BCUT2D eigenvalue weighted by molar-refractivity contribution is 6.31. The molecule has 2 aromatic carbocycles. The molecule has 0 saturated carbocycles. The Morgan fingerprint density at radius 2 is 1.80 bits per heavy atom. The number of carbonyl (C=O) groups excluding carboxylic acids is 1. The van der Waals surface area contributed by atoms with E-state index in [2.05, 4.69) is 0 Å². The number of hydrogen-bond donors (Lipinski definition) is 0. The van der Waals surface area contributed by atoms with E-state index in [-0.39, 0.29) is 11.1 Å². The summed E-state index contributed by atoms with van der Waals surface area (Å²) in [6.07, 6.45) is 0.653. The lowest BCUT2D eigenvalue weighted by molar-refractivity contribution is 0.112. The lowest BCUT2D eigenvalue weighted by Gasteiger charge is -2.08. The molecule has 0 bridgehead atoms. The average molecular weight is 283 g/mol. The number of carbonyl (C=O) groups is 1. The number of aldehydes is 1. The Balaban J connectivity index is 2.38. The molecule has 0 heterocycles. The van der Waals surface area contributed by atoms with Crippen LogP contribution in [0.15, 0.2) is 36.4 Å². The van der Waals surface area contributed by atoms with Gasteiger partial charge in [0.1, 0.15) is 29.9 Å². The van der Waals surface area contributed by atoms with Crippen molar-refractivity contribution in [2.75, 3.05) is 0 Å². The lowest BCUT2D eigenvalue weighted by Crippen LogP contribution is -1.91. The number of nitrogens with zero attached hydrogens (tertiary/aromatic N) is 2. The SMILES string of the molecule is N#Cc1cc(Oc2ccc(C=O)cc2C#N)ccc1Cl. The second kappa shape index (κ2) is 5.88. The fourth-order valence-electron chi connectivity index (χ4n) is 1.58. The van der Waals surface area contributed by atoms with E-state index in [1.807, 2.05) is 12.1 Å². The Morgan fingerprint density at radius 3 is 2.45 bits per heavy atom. The first-order valence-corrected chi connectivity index (χ1v) is 5.92. The van der Waals surface area contributed by atoms with Crippen LogP contribution in [-0.2, 0) is 0 Å². The molecule has 0 aliphatic heterocycles. The summed E-state index contributed by atoms with van der Waals surface area (Å²) in [5.74, 6) is 0.700. The number of ether oxygens (including phenoxy) is 1. The second-order valence-corrected chi connectivity index (χ2v) is 4.25. The van der Waals surface area contributed by atoms with Gasteiger partial charge in [0.05, 0.1) is 16.1 Å². The highest BCUT2D eigenvalue weighted by Crippen LogP contribution is 2.28. The van der Waals surface area contributed by atoms with E-state index >= 15 is 0 Å². The van der Waals surface area contributed by atoms with Crippen LogP contribution in [0.2, 0.25) is 5.02 Å². The summed E-state index contributed by atoms with van der Waals surface area (Å²) in [5, 5.41) is 18.3. The van der Waals surface area contributed by atoms with E-state index in [0.29, 0.717) is 28.4 Å². The quantitative estimate of drug-likeness (QED) is 0.805. The molecular formula is C15H7ClN2O2. The summed E-state index contributed by atoms with van der Waals surface area (Å²) in [4.78, 5) is 10.7. The van der Waals surface area contributed by atoms with Gasteiger partial charge in [-0.05, 0) is 30.3 Å². The highest BCUT2D eigenvalue weighted by atomic mass is 35.5. The van der Waals surface area contributed by atoms with E-state index in [4.69, 9.17) is 26.9 Å². The third-order valence-corrected chi connectivity index (χ3v) is 2.88. The lowest BCUT2D eigenvalue weighted by atomic mass is 10.1. The van der Waals surface area contributed by atoms with Gasteiger partial charge in [-0.1, -0.05) is 11.6 Å². The van der Waals surface area contributed by atoms with Crippen molar-refractivity contribution in [3.05, 3.63) is 58.1 Å². The zero-order chi connectivity index (χ0) is 14.5. The zero-order valence-corrected chi connectivity index (χ0v) is 10.9. The van der Waals surface area contributed by atoms with Gasteiger partial charge in [0.2, 0.25) is 0 Å². The van der Waals surface area contributed by atoms with Gasteiger partial charge < -0.3 is 4.74 Å². The fourth-order valence-corrected chi connectivity index (χ4v) is 1.74. The van der Waals surface area contributed by atoms with Crippen LogP contribution < -0.4 is 4.74 Å². The zero-order valence-electron chi connectivity index (χ0n) is 10.1. The number of halogens is 1. The van der Waals surface area contributed by atoms with Gasteiger partial charge in [-0.2, -0.15) is 10.5 Å². The number of hydrogen-bond acceptors (Lipinski definition) is 4. The molecule has 5 heteroatoms. The molecule has 96 valence electrons. The molecule has 0 spiro atoms. The molecule has 0 aliphatic rings. The predicted molar refractivity (Wildman–Crippen MR) is 72.8 cm³/mol. The predicted octanol–water partition coefficient (Wildman–Crippen LogP) is 3.69. The Bertz CT molecular complexity index is 757. The van der Waals surface area contributed by atoms with Gasteiger partial charge in [0.25, 0.3) is 0 Å². The van der Waals surface area contributed by atoms with Crippen molar-refractivity contribution in [3.8, 4) is 23.6 Å². The van der Waals surface area contributed by atoms with E-state index in [9.17, 15) is 4.79 Å². The molecule has 0 aliphatic carbocycles. The molecule has 0 fully saturated rings. The fraction of sp³-hybridized carbons (Fsp3) is 0. The van der Waals surface area contributed by atoms with Crippen molar-refractivity contribution in [2.24, 2.45) is 0 Å². The minimum absolute atomic E-state index is 0.239. The maximum atomic E-state index is 10.7. The van der Waals surface area contributed by atoms with Gasteiger partial charge in [-0.25, -0.2) is 0 Å². The maximum absolute atomic E-state index is 10.7. The van der Waals surface area contributed by atoms with Gasteiger partial charge in [0.15, 0.2) is 0 Å². The van der Waals surface area contributed by atoms with Crippen molar-refractivity contribution in [1.82, 2.24) is 0 Å². The van der Waals surface area contributed by atoms with Crippen LogP contribution in [0.25, 0.3) is 0 Å². The van der Waals surface area contributed by atoms with Crippen molar-refractivity contribution < 1.29 is 9.53 Å². The van der Waals surface area contributed by atoms with E-state index < -0.39 is 0 Å². The van der Waals surface area contributed by atoms with Crippen molar-refractivity contribution in [3.63, 3.8) is 0 Å². The summed E-state index contributed by atoms with van der Waals surface area (Å²) >= 11 is 5.83. The largest absolute Gasteiger partial charge is 0.456 e. The molecule has 20 heavy (non-hydrogen) atoms. The number of benzene rings is 2. The minimum Gasteiger partial charge on any atom is -0.456 e. The van der Waals surface area contributed by atoms with Crippen LogP contribution in [0, 0.1) is 22.7 Å². The van der Waals surface area contributed by atoms with E-state index in [0.717, 1.165) is 0 Å². The summed E-state index contributed by atoms with van der Waals surface area (Å²) in [6, 6.07) is 13.0. The molecule has 0 saturated heterocycles. The van der Waals surface area contributed by atoms with Gasteiger partial charge in [-0.15, -0.1) is 0 Å². The van der Waals surface area contributed by atoms with Crippen LogP contribution in [0.5, 0.6) is 11.5 Å². The monoisotopic (exact) mass is 282 g/mol. The minimum atomic E-state index is 0.239. The van der Waals surface area contributed by atoms with Crippen LogP contribution in [0.1, 0.15) is 21.5 Å². The molecular weight excluding hydrogens is 276 g/mol. The van der Waals surface area contributed by atoms with Crippen LogP contribution in [-0.4, -0.2) is 6.29 Å². The Kier molecular flexibility index (Phi) is 4.00. The van der Waals surface area contributed by atoms with E-state index in [1.54, 1.807) is 18.2 Å². The molecule has 0 radical (unpaired) electrons. The topological polar surface area (TPSA) is 73.9 Å². The maximum Gasteiger partial charge on any atom is 0.150 e. The Hall–Kier alpha value is -2.82. The standard InChI is InChI=1S/C15H7ClN2O2/c16-14-3-2-13(6-11(14)7-17)20-15-4-1-10(9-19)5-12(15)8-18/h1-6,9H. The normalized spacial score (nSPS) is 9.35. The van der Waals surface area contributed by atoms with Gasteiger partial charge in [0, 0.05) is 11.6 Å². The molecule has 0 N–H and O–H groups in total. The first kappa shape index (κ1) is 13.6. The molecule has 0 amide bonds. The Morgan fingerprint density at radius 1 is 1.05 bits per heavy atom. The molecule has 2 rings (SSSR count). The molecule has 0 unspecified atom stereocenters. The third kappa shape index (κ3) is 2.77. The molecule has 2 aromatic rings. The van der Waals surface area contributed by atoms with Crippen molar-refractivity contribution in [1.29, 1.82) is 10.5 Å². The Labute approximate surface area is 120 Å². The number of rotatable bonds is 3. The summed E-state index contributed by atoms with van der Waals surface area (Å²) in [6.45, 7) is 0. The highest BCUT2D eigenvalue weighted by Gasteiger charge is 2.08. The molecule has 0 aromatic heterocycles. The summed E-state index contributed by atoms with van der Waals surface area (Å²) in [7, 11) is 0. The van der Waals surface area contributed by atoms with Crippen LogP contribution in [0.4, 0.5) is 0 Å². The van der Waals surface area contributed by atoms with E-state index in [1.165, 1.54) is 18.2 Å². The second-order valence-electron chi connectivity index (χ2n) is 3.84. The third-order valence-electron chi connectivity index (χ3n) is 2.55. The van der Waals surface area contributed by atoms with Crippen molar-refractivity contribution >= 4 is 17.9 Å². The summed E-state index contributed by atoms with van der Waals surface area (Å²) < 4.78 is 5.55. The molecule has 4 nitrogen and oxygen atoms in total. The van der Waals surface area contributed by atoms with Gasteiger partial charge >= 0.3 is 0 Å². The first-order chi connectivity index (χ1) is 9.67. The smallest absolute Gasteiger partial charge is 0.150 e.